The van der Waals surface area contributed by atoms with Gasteiger partial charge in [0.05, 0.1) is 12.5 Å². The molecule has 0 N–H and O–H groups in total. The van der Waals surface area contributed by atoms with Crippen LogP contribution in [-0.2, 0) is 20.1 Å². The molecule has 3 aromatic rings. The molecule has 14 heteroatoms. The zero-order valence-electron chi connectivity index (χ0n) is 21.7. The van der Waals surface area contributed by atoms with E-state index in [2.05, 4.69) is 19.4 Å². The van der Waals surface area contributed by atoms with Crippen molar-refractivity contribution in [1.82, 2.24) is 19.4 Å². The highest BCUT2D eigenvalue weighted by Gasteiger charge is 2.56. The van der Waals surface area contributed by atoms with Crippen molar-refractivity contribution >= 4 is 6.09 Å². The first-order chi connectivity index (χ1) is 19.3. The molecular weight excluding hydrogens is 558 g/mol. The maximum atomic E-state index is 13.1. The Labute approximate surface area is 231 Å². The number of hydrogen-bond donors (Lipinski definition) is 0. The van der Waals surface area contributed by atoms with Crippen LogP contribution in [0, 0.1) is 17.8 Å². The summed E-state index contributed by atoms with van der Waals surface area (Å²) in [5.41, 5.74) is 1.12. The monoisotopic (exact) mass is 584 g/mol. The van der Waals surface area contributed by atoms with Crippen LogP contribution in [0.3, 0.4) is 0 Å². The number of aromatic nitrogens is 2. The minimum atomic E-state index is -4.85. The van der Waals surface area contributed by atoms with Crippen LogP contribution in [0.5, 0.6) is 17.4 Å². The zero-order chi connectivity index (χ0) is 29.4. The van der Waals surface area contributed by atoms with E-state index in [0.717, 1.165) is 0 Å². The molecule has 41 heavy (non-hydrogen) atoms. The van der Waals surface area contributed by atoms with Crippen LogP contribution in [0.25, 0.3) is 0 Å². The summed E-state index contributed by atoms with van der Waals surface area (Å²) in [4.78, 5) is 20.7. The molecular formula is C27H26F6N4O4. The van der Waals surface area contributed by atoms with Gasteiger partial charge in [0.2, 0.25) is 5.88 Å². The zero-order valence-corrected chi connectivity index (χ0v) is 21.7. The van der Waals surface area contributed by atoms with Crippen LogP contribution in [0.15, 0.2) is 61.1 Å². The summed E-state index contributed by atoms with van der Waals surface area (Å²) in [6.07, 6.45) is -7.31. The Morgan fingerprint density at radius 2 is 1.54 bits per heavy atom. The van der Waals surface area contributed by atoms with Crippen molar-refractivity contribution in [1.29, 1.82) is 0 Å². The lowest BCUT2D eigenvalue weighted by Crippen LogP contribution is -2.36. The van der Waals surface area contributed by atoms with Gasteiger partial charge in [0.1, 0.15) is 11.5 Å². The van der Waals surface area contributed by atoms with Gasteiger partial charge >= 0.3 is 18.8 Å². The molecule has 0 radical (unpaired) electrons. The van der Waals surface area contributed by atoms with Gasteiger partial charge in [0, 0.05) is 39.8 Å². The van der Waals surface area contributed by atoms with Gasteiger partial charge in [0.25, 0.3) is 0 Å². The standard InChI is InChI=1S/C27H26F6N4O4/c1-35-15-24(34-16-35)39-25(38)37(11-18-5-3-7-20(9-18)41-27(31,32)33)14-23-21-12-36(13-22(21)23)10-17-4-2-6-19(8-17)40-26(28,29)30/h2-9,15-16,21-23H,10-14H2,1H3. The number of halogens is 6. The summed E-state index contributed by atoms with van der Waals surface area (Å²) in [5.74, 6) is 0.0811. The number of alkyl halides is 6. The lowest BCUT2D eigenvalue weighted by Gasteiger charge is -2.25. The van der Waals surface area contributed by atoms with Crippen molar-refractivity contribution in [2.45, 2.75) is 25.8 Å². The fourth-order valence-electron chi connectivity index (χ4n) is 5.35. The molecule has 2 aromatic carbocycles. The fourth-order valence-corrected chi connectivity index (χ4v) is 5.35. The van der Waals surface area contributed by atoms with Gasteiger partial charge in [-0.15, -0.1) is 26.3 Å². The molecule has 220 valence electrons. The largest absolute Gasteiger partial charge is 0.573 e. The quantitative estimate of drug-likeness (QED) is 0.306. The number of carbonyl (C=O) groups is 1. The first kappa shape index (κ1) is 28.6. The number of hydrogen-bond acceptors (Lipinski definition) is 6. The second-order valence-corrected chi connectivity index (χ2v) is 10.2. The lowest BCUT2D eigenvalue weighted by molar-refractivity contribution is -0.275. The number of carbonyl (C=O) groups excluding carboxylic acids is 1. The van der Waals surface area contributed by atoms with Gasteiger partial charge < -0.3 is 23.7 Å². The molecule has 2 atom stereocenters. The number of imidazole rings is 1. The van der Waals surface area contributed by atoms with E-state index in [1.807, 2.05) is 0 Å². The number of benzene rings is 2. The van der Waals surface area contributed by atoms with Crippen molar-refractivity contribution in [2.24, 2.45) is 24.8 Å². The number of piperidine rings is 1. The van der Waals surface area contributed by atoms with Crippen LogP contribution >= 0.6 is 0 Å². The number of rotatable bonds is 9. The van der Waals surface area contributed by atoms with E-state index in [4.69, 9.17) is 4.74 Å². The third kappa shape index (κ3) is 7.84. The van der Waals surface area contributed by atoms with Gasteiger partial charge in [0.15, 0.2) is 0 Å². The van der Waals surface area contributed by atoms with Gasteiger partial charge in [-0.2, -0.15) is 0 Å². The van der Waals surface area contributed by atoms with Crippen LogP contribution in [-0.4, -0.2) is 57.8 Å². The second kappa shape index (κ2) is 11.1. The Morgan fingerprint density at radius 3 is 2.10 bits per heavy atom. The second-order valence-electron chi connectivity index (χ2n) is 10.2. The summed E-state index contributed by atoms with van der Waals surface area (Å²) < 4.78 is 90.8. The van der Waals surface area contributed by atoms with E-state index in [-0.39, 0.29) is 35.9 Å². The van der Waals surface area contributed by atoms with Crippen molar-refractivity contribution in [3.8, 4) is 17.4 Å². The molecule has 1 saturated carbocycles. The van der Waals surface area contributed by atoms with Crippen LogP contribution in [0.4, 0.5) is 31.1 Å². The lowest BCUT2D eigenvalue weighted by atomic mass is 10.1. The predicted octanol–water partition coefficient (Wildman–Crippen LogP) is 5.60. The van der Waals surface area contributed by atoms with E-state index in [0.29, 0.717) is 37.3 Å². The Morgan fingerprint density at radius 1 is 0.951 bits per heavy atom. The number of fused-ring (bicyclic) bond motifs is 1. The Bertz CT molecular complexity index is 1370. The molecule has 2 fully saturated rings. The molecule has 1 saturated heterocycles. The van der Waals surface area contributed by atoms with Crippen molar-refractivity contribution in [2.75, 3.05) is 19.6 Å². The first-order valence-electron chi connectivity index (χ1n) is 12.7. The van der Waals surface area contributed by atoms with E-state index in [1.165, 1.54) is 53.8 Å². The Hall–Kier alpha value is -3.94. The molecule has 2 heterocycles. The van der Waals surface area contributed by atoms with E-state index >= 15 is 0 Å². The summed E-state index contributed by atoms with van der Waals surface area (Å²) >= 11 is 0. The van der Waals surface area contributed by atoms with Crippen molar-refractivity contribution in [3.63, 3.8) is 0 Å². The minimum absolute atomic E-state index is 0.00756. The van der Waals surface area contributed by atoms with Crippen molar-refractivity contribution in [3.05, 3.63) is 72.2 Å². The number of likely N-dealkylation sites (tertiary alicyclic amines) is 1. The average Bonchev–Trinajstić information content (AvgIpc) is 3.14. The van der Waals surface area contributed by atoms with E-state index < -0.39 is 24.6 Å². The van der Waals surface area contributed by atoms with Crippen molar-refractivity contribution < 1.29 is 45.3 Å². The van der Waals surface area contributed by atoms with E-state index in [9.17, 15) is 31.1 Å². The molecule has 0 bridgehead atoms. The molecule has 1 aromatic heterocycles. The number of ether oxygens (including phenoxy) is 3. The van der Waals surface area contributed by atoms with Gasteiger partial charge in [-0.25, -0.2) is 9.78 Å². The molecule has 5 rings (SSSR count). The maximum absolute atomic E-state index is 13.1. The van der Waals surface area contributed by atoms with Gasteiger partial charge in [-0.3, -0.25) is 4.90 Å². The highest BCUT2D eigenvalue weighted by atomic mass is 19.4. The number of aryl methyl sites for hydroxylation is 1. The normalized spacial score (nSPS) is 20.4. The van der Waals surface area contributed by atoms with Gasteiger partial charge in [-0.05, 0) is 53.1 Å². The average molecular weight is 585 g/mol. The summed E-state index contributed by atoms with van der Waals surface area (Å²) in [6.45, 7) is 2.14. The Balaban J connectivity index is 1.22. The summed E-state index contributed by atoms with van der Waals surface area (Å²) in [6, 6.07) is 11.3. The summed E-state index contributed by atoms with van der Waals surface area (Å²) in [7, 11) is 1.71. The number of amides is 1. The Kier molecular flexibility index (Phi) is 7.77. The number of nitrogens with zero attached hydrogens (tertiary/aromatic N) is 4. The SMILES string of the molecule is Cn1cnc(OC(=O)N(Cc2cccc(OC(F)(F)F)c2)CC2C3CN(Cc4cccc(OC(F)(F)F)c4)CC32)c1. The maximum Gasteiger partial charge on any atom is 0.573 e. The molecule has 0 spiro atoms. The molecule has 2 aliphatic rings. The predicted molar refractivity (Wildman–Crippen MR) is 132 cm³/mol. The smallest absolute Gasteiger partial charge is 0.406 e. The third-order valence-electron chi connectivity index (χ3n) is 7.05. The fraction of sp³-hybridized carbons (Fsp3) is 0.407. The third-order valence-corrected chi connectivity index (χ3v) is 7.05. The van der Waals surface area contributed by atoms with Crippen LogP contribution < -0.4 is 14.2 Å². The topological polar surface area (TPSA) is 69.1 Å². The molecule has 8 nitrogen and oxygen atoms in total. The molecule has 2 unspecified atom stereocenters. The van der Waals surface area contributed by atoms with Gasteiger partial charge in [-0.1, -0.05) is 24.3 Å². The van der Waals surface area contributed by atoms with Crippen LogP contribution in [0.2, 0.25) is 0 Å². The summed E-state index contributed by atoms with van der Waals surface area (Å²) in [5, 5.41) is 0. The first-order valence-corrected chi connectivity index (χ1v) is 12.7. The molecule has 1 aliphatic heterocycles. The van der Waals surface area contributed by atoms with E-state index in [1.54, 1.807) is 23.7 Å². The highest BCUT2D eigenvalue weighted by molar-refractivity contribution is 5.70. The van der Waals surface area contributed by atoms with Crippen LogP contribution in [0.1, 0.15) is 11.1 Å². The molecule has 1 aliphatic carbocycles. The highest BCUT2D eigenvalue weighted by Crippen LogP contribution is 2.52. The minimum Gasteiger partial charge on any atom is -0.406 e. The molecule has 1 amide bonds.